The van der Waals surface area contributed by atoms with Gasteiger partial charge in [0.2, 0.25) is 0 Å². The first kappa shape index (κ1) is 16.9. The van der Waals surface area contributed by atoms with Gasteiger partial charge in [-0.05, 0) is 31.2 Å². The zero-order valence-corrected chi connectivity index (χ0v) is 15.1. The molecule has 0 bridgehead atoms. The Morgan fingerprint density at radius 3 is 2.70 bits per heavy atom. The third-order valence-electron chi connectivity index (χ3n) is 4.22. The molecule has 0 aliphatic rings. The molecule has 0 radical (unpaired) electrons. The Morgan fingerprint density at radius 2 is 1.78 bits per heavy atom. The van der Waals surface area contributed by atoms with Crippen molar-refractivity contribution in [3.8, 4) is 11.3 Å². The number of aromatic nitrogens is 7. The van der Waals surface area contributed by atoms with Gasteiger partial charge in [-0.1, -0.05) is 6.07 Å². The molecular formula is C18H15ClN8. The maximum Gasteiger partial charge on any atom is 0.159 e. The van der Waals surface area contributed by atoms with Crippen LogP contribution in [0.5, 0.6) is 0 Å². The second kappa shape index (κ2) is 6.65. The number of benzene rings is 1. The molecule has 1 aromatic carbocycles. The molecule has 134 valence electrons. The molecule has 0 aliphatic heterocycles. The highest BCUT2D eigenvalue weighted by atomic mass is 35.5. The predicted molar refractivity (Wildman–Crippen MR) is 106 cm³/mol. The Kier molecular flexibility index (Phi) is 4.17. The first-order chi connectivity index (χ1) is 12.8. The van der Waals surface area contributed by atoms with Crippen LogP contribution in [0.3, 0.4) is 0 Å². The molecular weight excluding hydrogens is 364 g/mol. The van der Waals surface area contributed by atoms with Crippen LogP contribution in [0.1, 0.15) is 5.82 Å². The molecule has 0 saturated heterocycles. The summed E-state index contributed by atoms with van der Waals surface area (Å²) in [6.07, 6.45) is 5.28. The van der Waals surface area contributed by atoms with E-state index in [4.69, 9.17) is 0 Å². The van der Waals surface area contributed by atoms with Gasteiger partial charge in [0.1, 0.15) is 11.6 Å². The minimum atomic E-state index is 0. The molecule has 4 heterocycles. The molecule has 9 heteroatoms. The molecule has 0 fully saturated rings. The normalized spacial score (nSPS) is 10.9. The van der Waals surface area contributed by atoms with E-state index in [9.17, 15) is 0 Å². The Labute approximate surface area is 159 Å². The lowest BCUT2D eigenvalue weighted by Gasteiger charge is -2.12. The number of nitrogens with zero attached hydrogens (tertiary/aromatic N) is 5. The lowest BCUT2D eigenvalue weighted by molar-refractivity contribution is 1.05. The zero-order chi connectivity index (χ0) is 17.5. The van der Waals surface area contributed by atoms with Crippen molar-refractivity contribution >= 4 is 45.8 Å². The van der Waals surface area contributed by atoms with Gasteiger partial charge in [0.05, 0.1) is 34.7 Å². The van der Waals surface area contributed by atoms with Crippen molar-refractivity contribution in [2.75, 3.05) is 5.32 Å². The number of hydrogen-bond donors (Lipinski definition) is 3. The number of pyridine rings is 1. The van der Waals surface area contributed by atoms with Crippen molar-refractivity contribution in [3.63, 3.8) is 0 Å². The van der Waals surface area contributed by atoms with E-state index in [-0.39, 0.29) is 12.4 Å². The number of H-pyrrole nitrogens is 2. The van der Waals surface area contributed by atoms with Crippen molar-refractivity contribution in [1.29, 1.82) is 0 Å². The average Bonchev–Trinajstić information content (AvgIpc) is 3.31. The Hall–Kier alpha value is -3.52. The van der Waals surface area contributed by atoms with E-state index in [2.05, 4.69) is 40.7 Å². The van der Waals surface area contributed by atoms with Gasteiger partial charge in [-0.3, -0.25) is 10.2 Å². The summed E-state index contributed by atoms with van der Waals surface area (Å²) in [7, 11) is 0. The highest BCUT2D eigenvalue weighted by Gasteiger charge is 2.15. The number of anilines is 2. The van der Waals surface area contributed by atoms with E-state index in [1.54, 1.807) is 18.6 Å². The van der Waals surface area contributed by atoms with Crippen molar-refractivity contribution in [2.45, 2.75) is 6.92 Å². The molecule has 27 heavy (non-hydrogen) atoms. The van der Waals surface area contributed by atoms with Crippen LogP contribution >= 0.6 is 12.4 Å². The molecule has 5 aromatic rings. The number of rotatable bonds is 3. The Morgan fingerprint density at radius 1 is 0.926 bits per heavy atom. The molecule has 0 atom stereocenters. The number of aromatic amines is 2. The van der Waals surface area contributed by atoms with E-state index in [1.165, 1.54) is 0 Å². The number of nitrogens with one attached hydrogen (secondary N) is 3. The predicted octanol–water partition coefficient (Wildman–Crippen LogP) is 3.77. The molecule has 0 aliphatic carbocycles. The van der Waals surface area contributed by atoms with Crippen molar-refractivity contribution < 1.29 is 0 Å². The van der Waals surface area contributed by atoms with Gasteiger partial charge in [0.15, 0.2) is 5.65 Å². The summed E-state index contributed by atoms with van der Waals surface area (Å²) < 4.78 is 0. The molecule has 8 nitrogen and oxygen atoms in total. The number of halogens is 1. The van der Waals surface area contributed by atoms with Crippen LogP contribution in [-0.4, -0.2) is 35.3 Å². The minimum absolute atomic E-state index is 0. The highest BCUT2D eigenvalue weighted by molar-refractivity contribution is 5.97. The standard InChI is InChI=1S/C18H14N8.ClH/c1-10-22-16(13-9-21-26-18(13)23-10)11-4-3-7-19-17(11)24-14-5-2-6-15-12(14)8-20-25-15;/h2-9H,1H3,(H,19,24)(H,20,25)(H,21,22,23,26);1H. The van der Waals surface area contributed by atoms with Gasteiger partial charge in [0.25, 0.3) is 0 Å². The molecule has 3 N–H and O–H groups in total. The van der Waals surface area contributed by atoms with E-state index in [0.717, 1.165) is 33.2 Å². The van der Waals surface area contributed by atoms with Gasteiger partial charge in [-0.25, -0.2) is 15.0 Å². The molecule has 0 saturated carbocycles. The molecule has 0 unspecified atom stereocenters. The summed E-state index contributed by atoms with van der Waals surface area (Å²) in [6, 6.07) is 9.82. The second-order valence-corrected chi connectivity index (χ2v) is 5.91. The van der Waals surface area contributed by atoms with E-state index in [1.807, 2.05) is 37.3 Å². The molecule has 4 aromatic heterocycles. The van der Waals surface area contributed by atoms with Crippen LogP contribution in [0.15, 0.2) is 48.9 Å². The fourth-order valence-electron chi connectivity index (χ4n) is 3.05. The quantitative estimate of drug-likeness (QED) is 0.441. The largest absolute Gasteiger partial charge is 0.339 e. The lowest BCUT2D eigenvalue weighted by atomic mass is 10.1. The first-order valence-electron chi connectivity index (χ1n) is 8.12. The smallest absolute Gasteiger partial charge is 0.159 e. The Balaban J connectivity index is 0.00000180. The monoisotopic (exact) mass is 378 g/mol. The van der Waals surface area contributed by atoms with Crippen LogP contribution in [0.4, 0.5) is 11.5 Å². The summed E-state index contributed by atoms with van der Waals surface area (Å²) in [6.45, 7) is 1.86. The maximum absolute atomic E-state index is 4.63. The zero-order valence-electron chi connectivity index (χ0n) is 14.3. The van der Waals surface area contributed by atoms with Crippen LogP contribution in [0.25, 0.3) is 33.2 Å². The van der Waals surface area contributed by atoms with E-state index >= 15 is 0 Å². The SMILES string of the molecule is Cc1nc(-c2cccnc2Nc2cccc3[nH]ncc23)c2cn[nH]c2n1.Cl. The topological polar surface area (TPSA) is 108 Å². The van der Waals surface area contributed by atoms with Gasteiger partial charge in [0, 0.05) is 17.1 Å². The summed E-state index contributed by atoms with van der Waals surface area (Å²) in [4.78, 5) is 13.5. The van der Waals surface area contributed by atoms with Crippen LogP contribution in [0.2, 0.25) is 0 Å². The van der Waals surface area contributed by atoms with Crippen LogP contribution in [-0.2, 0) is 0 Å². The minimum Gasteiger partial charge on any atom is -0.339 e. The highest BCUT2D eigenvalue weighted by Crippen LogP contribution is 2.33. The van der Waals surface area contributed by atoms with Crippen LogP contribution in [0, 0.1) is 6.92 Å². The lowest BCUT2D eigenvalue weighted by Crippen LogP contribution is -1.99. The molecule has 0 spiro atoms. The summed E-state index contributed by atoms with van der Waals surface area (Å²) >= 11 is 0. The summed E-state index contributed by atoms with van der Waals surface area (Å²) in [5, 5.41) is 19.4. The van der Waals surface area contributed by atoms with E-state index < -0.39 is 0 Å². The third kappa shape index (κ3) is 2.85. The van der Waals surface area contributed by atoms with Crippen LogP contribution < -0.4 is 5.32 Å². The first-order valence-corrected chi connectivity index (χ1v) is 8.12. The van der Waals surface area contributed by atoms with Gasteiger partial charge >= 0.3 is 0 Å². The molecule has 0 amide bonds. The maximum atomic E-state index is 4.63. The summed E-state index contributed by atoms with van der Waals surface area (Å²) in [5.74, 6) is 1.38. The van der Waals surface area contributed by atoms with Crippen molar-refractivity contribution in [3.05, 3.63) is 54.7 Å². The number of hydrogen-bond acceptors (Lipinski definition) is 6. The van der Waals surface area contributed by atoms with E-state index in [0.29, 0.717) is 17.3 Å². The molecule has 5 rings (SSSR count). The Bertz CT molecular complexity index is 1240. The number of fused-ring (bicyclic) bond motifs is 2. The van der Waals surface area contributed by atoms with Crippen molar-refractivity contribution in [1.82, 2.24) is 35.3 Å². The van der Waals surface area contributed by atoms with Gasteiger partial charge < -0.3 is 5.32 Å². The average molecular weight is 379 g/mol. The number of aryl methyl sites for hydroxylation is 1. The summed E-state index contributed by atoms with van der Waals surface area (Å²) in [5.41, 5.74) is 4.26. The second-order valence-electron chi connectivity index (χ2n) is 5.91. The third-order valence-corrected chi connectivity index (χ3v) is 4.22. The van der Waals surface area contributed by atoms with Gasteiger partial charge in [-0.2, -0.15) is 10.2 Å². The fourth-order valence-corrected chi connectivity index (χ4v) is 3.05. The van der Waals surface area contributed by atoms with Crippen molar-refractivity contribution in [2.24, 2.45) is 0 Å². The fraction of sp³-hybridized carbons (Fsp3) is 0.0556. The van der Waals surface area contributed by atoms with Gasteiger partial charge in [-0.15, -0.1) is 12.4 Å².